The highest BCUT2D eigenvalue weighted by Gasteiger charge is 2.25. The van der Waals surface area contributed by atoms with Crippen molar-refractivity contribution in [3.05, 3.63) is 0 Å². The lowest BCUT2D eigenvalue weighted by Gasteiger charge is -2.15. The summed E-state index contributed by atoms with van der Waals surface area (Å²) in [5.74, 6) is 0.806. The monoisotopic (exact) mass is 301 g/mol. The fraction of sp³-hybridized carbons (Fsp3) is 1.00. The Balaban J connectivity index is -0.000000102. The Morgan fingerprint density at radius 2 is 1.35 bits per heavy atom. The summed E-state index contributed by atoms with van der Waals surface area (Å²) in [6.45, 7) is 18.8. The van der Waals surface area contributed by atoms with Crippen molar-refractivity contribution in [1.29, 1.82) is 0 Å². The number of hydrogen-bond donors (Lipinski definition) is 0. The van der Waals surface area contributed by atoms with Crippen LogP contribution in [0.5, 0.6) is 0 Å². The molecule has 0 fully saturated rings. The van der Waals surface area contributed by atoms with E-state index in [1.807, 2.05) is 27.7 Å². The lowest BCUT2D eigenvalue weighted by molar-refractivity contribution is -0.135. The van der Waals surface area contributed by atoms with E-state index in [1.165, 1.54) is 6.54 Å². The summed E-state index contributed by atoms with van der Waals surface area (Å²) in [6.07, 6.45) is -3.72. The average Bonchev–Trinajstić information content (AvgIpc) is 2.40. The molecule has 0 saturated heterocycles. The van der Waals surface area contributed by atoms with Crippen LogP contribution in [0.2, 0.25) is 0 Å². The standard InChI is InChI=1S/C7H17N.C5H9F3.2C2H6/c1-5-8(4)6-7(2)3;1-2-3-4-5(6,7)8;2*1-2/h7H,5-6H2,1-4H3;2-4H2,1H3;2*1-2H3. The summed E-state index contributed by atoms with van der Waals surface area (Å²) in [6, 6.07) is 0. The van der Waals surface area contributed by atoms with E-state index in [0.29, 0.717) is 6.42 Å². The summed E-state index contributed by atoms with van der Waals surface area (Å²) < 4.78 is 33.7. The number of nitrogens with zero attached hydrogens (tertiary/aromatic N) is 1. The van der Waals surface area contributed by atoms with E-state index in [0.717, 1.165) is 12.5 Å². The van der Waals surface area contributed by atoms with Crippen LogP contribution in [0.1, 0.15) is 74.7 Å². The maximum atomic E-state index is 11.2. The van der Waals surface area contributed by atoms with E-state index in [4.69, 9.17) is 0 Å². The van der Waals surface area contributed by atoms with Crippen LogP contribution in [-0.4, -0.2) is 31.2 Å². The zero-order valence-electron chi connectivity index (χ0n) is 15.2. The fourth-order valence-corrected chi connectivity index (χ4v) is 1.13. The normalized spacial score (nSPS) is 9.90. The molecule has 0 aliphatic heterocycles. The van der Waals surface area contributed by atoms with Crippen LogP contribution in [0.4, 0.5) is 13.2 Å². The molecule has 0 heterocycles. The van der Waals surface area contributed by atoms with Gasteiger partial charge in [0.25, 0.3) is 0 Å². The van der Waals surface area contributed by atoms with Crippen molar-refractivity contribution < 1.29 is 13.2 Å². The second kappa shape index (κ2) is 21.1. The van der Waals surface area contributed by atoms with E-state index in [2.05, 4.69) is 32.7 Å². The zero-order valence-corrected chi connectivity index (χ0v) is 15.2. The topological polar surface area (TPSA) is 3.24 Å². The van der Waals surface area contributed by atoms with Gasteiger partial charge in [0.15, 0.2) is 0 Å². The molecule has 0 aromatic heterocycles. The fourth-order valence-electron chi connectivity index (χ4n) is 1.13. The van der Waals surface area contributed by atoms with Gasteiger partial charge in [-0.25, -0.2) is 0 Å². The second-order valence-corrected chi connectivity index (χ2v) is 4.47. The first kappa shape index (κ1) is 28.0. The maximum Gasteiger partial charge on any atom is 0.389 e. The third-order valence-electron chi connectivity index (χ3n) is 2.03. The van der Waals surface area contributed by atoms with Crippen LogP contribution >= 0.6 is 0 Å². The summed E-state index contributed by atoms with van der Waals surface area (Å²) in [7, 11) is 2.15. The predicted octanol–water partition coefficient (Wildman–Crippen LogP) is 6.39. The molecular weight excluding hydrogens is 263 g/mol. The molecule has 0 atom stereocenters. The number of rotatable bonds is 5. The minimum absolute atomic E-state index is 0.253. The van der Waals surface area contributed by atoms with Crippen molar-refractivity contribution >= 4 is 0 Å². The van der Waals surface area contributed by atoms with Crippen LogP contribution in [0.25, 0.3) is 0 Å². The largest absolute Gasteiger partial charge is 0.389 e. The molecule has 0 aliphatic carbocycles. The van der Waals surface area contributed by atoms with Gasteiger partial charge in [0.05, 0.1) is 0 Å². The quantitative estimate of drug-likeness (QED) is 0.569. The van der Waals surface area contributed by atoms with Crippen LogP contribution in [-0.2, 0) is 0 Å². The molecule has 0 aromatic rings. The van der Waals surface area contributed by atoms with Gasteiger partial charge in [-0.3, -0.25) is 0 Å². The molecule has 0 rings (SSSR count). The van der Waals surface area contributed by atoms with E-state index >= 15 is 0 Å². The Bertz CT molecular complexity index is 145. The second-order valence-electron chi connectivity index (χ2n) is 4.47. The van der Waals surface area contributed by atoms with Gasteiger partial charge in [0.2, 0.25) is 0 Å². The number of halogens is 3. The first-order chi connectivity index (χ1) is 9.22. The van der Waals surface area contributed by atoms with Gasteiger partial charge in [0, 0.05) is 13.0 Å². The van der Waals surface area contributed by atoms with E-state index in [1.54, 1.807) is 6.92 Å². The summed E-state index contributed by atoms with van der Waals surface area (Å²) in [5, 5.41) is 0. The van der Waals surface area contributed by atoms with Gasteiger partial charge in [-0.05, 0) is 25.9 Å². The van der Waals surface area contributed by atoms with Gasteiger partial charge < -0.3 is 4.90 Å². The summed E-state index contributed by atoms with van der Waals surface area (Å²) in [4.78, 5) is 2.32. The Hall–Kier alpha value is -0.250. The zero-order chi connectivity index (χ0) is 17.2. The highest BCUT2D eigenvalue weighted by molar-refractivity contribution is 4.50. The molecule has 0 spiro atoms. The van der Waals surface area contributed by atoms with Crippen LogP contribution in [0.15, 0.2) is 0 Å². The molecule has 0 bridgehead atoms. The van der Waals surface area contributed by atoms with Crippen molar-refractivity contribution in [1.82, 2.24) is 4.90 Å². The maximum absolute atomic E-state index is 11.2. The SMILES string of the molecule is CC.CC.CCCCC(F)(F)F.CCN(C)CC(C)C. The van der Waals surface area contributed by atoms with Crippen molar-refractivity contribution in [2.24, 2.45) is 5.92 Å². The Kier molecular flexibility index (Phi) is 29.5. The van der Waals surface area contributed by atoms with Crippen LogP contribution in [0.3, 0.4) is 0 Å². The third kappa shape index (κ3) is 43.1. The Morgan fingerprint density at radius 3 is 1.45 bits per heavy atom. The number of unbranched alkanes of at least 4 members (excludes halogenated alkanes) is 1. The Morgan fingerprint density at radius 1 is 0.950 bits per heavy atom. The van der Waals surface area contributed by atoms with Gasteiger partial charge in [0.1, 0.15) is 0 Å². The van der Waals surface area contributed by atoms with Crippen molar-refractivity contribution in [2.45, 2.75) is 80.8 Å². The average molecular weight is 301 g/mol. The molecular formula is C16H38F3N. The molecule has 0 unspecified atom stereocenters. The van der Waals surface area contributed by atoms with Gasteiger partial charge in [-0.2, -0.15) is 13.2 Å². The molecule has 0 saturated carbocycles. The molecule has 0 aliphatic rings. The summed E-state index contributed by atoms with van der Waals surface area (Å²) >= 11 is 0. The molecule has 128 valence electrons. The van der Waals surface area contributed by atoms with Gasteiger partial charge >= 0.3 is 6.18 Å². The molecule has 0 radical (unpaired) electrons. The molecule has 0 N–H and O–H groups in total. The first-order valence-corrected chi connectivity index (χ1v) is 7.98. The molecule has 0 amide bonds. The lowest BCUT2D eigenvalue weighted by atomic mass is 10.2. The first-order valence-electron chi connectivity index (χ1n) is 7.98. The molecule has 4 heteroatoms. The highest BCUT2D eigenvalue weighted by Crippen LogP contribution is 2.21. The third-order valence-corrected chi connectivity index (χ3v) is 2.03. The number of hydrogen-bond acceptors (Lipinski definition) is 1. The van der Waals surface area contributed by atoms with Crippen molar-refractivity contribution in [3.63, 3.8) is 0 Å². The highest BCUT2D eigenvalue weighted by atomic mass is 19.4. The van der Waals surface area contributed by atoms with Crippen molar-refractivity contribution in [2.75, 3.05) is 20.1 Å². The molecule has 1 nitrogen and oxygen atoms in total. The smallest absolute Gasteiger partial charge is 0.306 e. The summed E-state index contributed by atoms with van der Waals surface area (Å²) in [5.41, 5.74) is 0. The van der Waals surface area contributed by atoms with E-state index < -0.39 is 12.6 Å². The lowest BCUT2D eigenvalue weighted by Crippen LogP contribution is -2.22. The van der Waals surface area contributed by atoms with Crippen LogP contribution < -0.4 is 0 Å². The van der Waals surface area contributed by atoms with Crippen LogP contribution in [0, 0.1) is 5.92 Å². The Labute approximate surface area is 125 Å². The molecule has 0 aromatic carbocycles. The van der Waals surface area contributed by atoms with Crippen molar-refractivity contribution in [3.8, 4) is 0 Å². The predicted molar refractivity (Wildman–Crippen MR) is 86.3 cm³/mol. The van der Waals surface area contributed by atoms with Gasteiger partial charge in [-0.1, -0.05) is 61.8 Å². The minimum Gasteiger partial charge on any atom is -0.306 e. The molecule has 20 heavy (non-hydrogen) atoms. The van der Waals surface area contributed by atoms with Gasteiger partial charge in [-0.15, -0.1) is 0 Å². The minimum atomic E-state index is -3.95. The van der Waals surface area contributed by atoms with E-state index in [-0.39, 0.29) is 6.42 Å². The number of alkyl halides is 3. The van der Waals surface area contributed by atoms with E-state index in [9.17, 15) is 13.2 Å².